The van der Waals surface area contributed by atoms with Crippen molar-refractivity contribution in [2.75, 3.05) is 19.7 Å². The fourth-order valence-electron chi connectivity index (χ4n) is 2.31. The Kier molecular flexibility index (Phi) is 5.18. The highest BCUT2D eigenvalue weighted by atomic mass is 16.6. The van der Waals surface area contributed by atoms with Crippen molar-refractivity contribution in [2.24, 2.45) is 11.8 Å². The molecule has 1 aromatic rings. The first kappa shape index (κ1) is 13.8. The predicted molar refractivity (Wildman–Crippen MR) is 71.1 cm³/mol. The monoisotopic (exact) mass is 264 g/mol. The standard InChI is InChI=1S/C14H20N2O3/c15-19-11-13-7-4-8-16(9-13)14(17)18-10-12-5-2-1-3-6-12/h1-3,5-6,13H,4,7-11,15H2. The van der Waals surface area contributed by atoms with Gasteiger partial charge in [0.1, 0.15) is 6.61 Å². The van der Waals surface area contributed by atoms with Crippen molar-refractivity contribution < 1.29 is 14.4 Å². The Bertz CT molecular complexity index is 395. The molecule has 5 nitrogen and oxygen atoms in total. The van der Waals surface area contributed by atoms with Gasteiger partial charge >= 0.3 is 6.09 Å². The molecule has 0 saturated carbocycles. The molecule has 1 unspecified atom stereocenters. The van der Waals surface area contributed by atoms with E-state index in [0.717, 1.165) is 24.9 Å². The summed E-state index contributed by atoms with van der Waals surface area (Å²) in [6.45, 7) is 2.20. The zero-order chi connectivity index (χ0) is 13.5. The van der Waals surface area contributed by atoms with Crippen molar-refractivity contribution in [1.29, 1.82) is 0 Å². The zero-order valence-corrected chi connectivity index (χ0v) is 11.0. The van der Waals surface area contributed by atoms with Gasteiger partial charge in [0.25, 0.3) is 0 Å². The SMILES string of the molecule is NOCC1CCCN(C(=O)OCc2ccccc2)C1. The molecule has 0 radical (unpaired) electrons. The minimum atomic E-state index is -0.259. The summed E-state index contributed by atoms with van der Waals surface area (Å²) in [5, 5.41) is 0. The molecular formula is C14H20N2O3. The molecule has 5 heteroatoms. The smallest absolute Gasteiger partial charge is 0.410 e. The lowest BCUT2D eigenvalue weighted by atomic mass is 9.99. The molecule has 0 aliphatic carbocycles. The Hall–Kier alpha value is -1.59. The second kappa shape index (κ2) is 7.11. The molecular weight excluding hydrogens is 244 g/mol. The van der Waals surface area contributed by atoms with Gasteiger partial charge < -0.3 is 14.5 Å². The van der Waals surface area contributed by atoms with E-state index in [1.807, 2.05) is 30.3 Å². The number of rotatable bonds is 4. The maximum atomic E-state index is 12.0. The van der Waals surface area contributed by atoms with Crippen LogP contribution in [0.2, 0.25) is 0 Å². The summed E-state index contributed by atoms with van der Waals surface area (Å²) in [6, 6.07) is 9.67. The summed E-state index contributed by atoms with van der Waals surface area (Å²) in [4.78, 5) is 18.3. The highest BCUT2D eigenvalue weighted by Gasteiger charge is 2.24. The summed E-state index contributed by atoms with van der Waals surface area (Å²) in [5.41, 5.74) is 0.995. The molecule has 1 aliphatic heterocycles. The van der Waals surface area contributed by atoms with Crippen LogP contribution in [0.25, 0.3) is 0 Å². The summed E-state index contributed by atoms with van der Waals surface area (Å²) < 4.78 is 5.31. The van der Waals surface area contributed by atoms with Crippen LogP contribution in [0.3, 0.4) is 0 Å². The van der Waals surface area contributed by atoms with Crippen molar-refractivity contribution in [3.8, 4) is 0 Å². The van der Waals surface area contributed by atoms with Crippen LogP contribution in [0, 0.1) is 5.92 Å². The minimum absolute atomic E-state index is 0.259. The highest BCUT2D eigenvalue weighted by molar-refractivity contribution is 5.67. The van der Waals surface area contributed by atoms with Gasteiger partial charge in [-0.1, -0.05) is 30.3 Å². The van der Waals surface area contributed by atoms with Crippen LogP contribution in [0.5, 0.6) is 0 Å². The minimum Gasteiger partial charge on any atom is -0.445 e. The molecule has 1 aromatic carbocycles. The van der Waals surface area contributed by atoms with Crippen LogP contribution in [0.15, 0.2) is 30.3 Å². The molecule has 1 heterocycles. The summed E-state index contributed by atoms with van der Waals surface area (Å²) in [6.07, 6.45) is 1.75. The van der Waals surface area contributed by atoms with E-state index in [9.17, 15) is 4.79 Å². The molecule has 0 bridgehead atoms. The van der Waals surface area contributed by atoms with E-state index < -0.39 is 0 Å². The van der Waals surface area contributed by atoms with Crippen LogP contribution < -0.4 is 5.90 Å². The number of hydrogen-bond donors (Lipinski definition) is 1. The summed E-state index contributed by atoms with van der Waals surface area (Å²) in [5.74, 6) is 5.39. The second-order valence-electron chi connectivity index (χ2n) is 4.83. The van der Waals surface area contributed by atoms with Gasteiger partial charge in [-0.25, -0.2) is 10.7 Å². The van der Waals surface area contributed by atoms with Crippen LogP contribution >= 0.6 is 0 Å². The van der Waals surface area contributed by atoms with E-state index in [4.69, 9.17) is 10.6 Å². The van der Waals surface area contributed by atoms with E-state index in [-0.39, 0.29) is 6.09 Å². The van der Waals surface area contributed by atoms with Crippen molar-refractivity contribution in [2.45, 2.75) is 19.4 Å². The van der Waals surface area contributed by atoms with Crippen molar-refractivity contribution >= 4 is 6.09 Å². The second-order valence-corrected chi connectivity index (χ2v) is 4.83. The number of likely N-dealkylation sites (tertiary alicyclic amines) is 1. The van der Waals surface area contributed by atoms with Crippen LogP contribution in [0.1, 0.15) is 18.4 Å². The molecule has 1 aliphatic rings. The van der Waals surface area contributed by atoms with Gasteiger partial charge in [0.15, 0.2) is 0 Å². The van der Waals surface area contributed by atoms with Crippen molar-refractivity contribution in [3.63, 3.8) is 0 Å². The molecule has 2 rings (SSSR count). The molecule has 1 amide bonds. The molecule has 104 valence electrons. The molecule has 1 atom stereocenters. The summed E-state index contributed by atoms with van der Waals surface area (Å²) >= 11 is 0. The average Bonchev–Trinajstić information content (AvgIpc) is 2.46. The van der Waals surface area contributed by atoms with E-state index in [0.29, 0.717) is 25.7 Å². The lowest BCUT2D eigenvalue weighted by Gasteiger charge is -2.31. The van der Waals surface area contributed by atoms with E-state index in [1.54, 1.807) is 4.90 Å². The van der Waals surface area contributed by atoms with E-state index >= 15 is 0 Å². The van der Waals surface area contributed by atoms with Gasteiger partial charge in [-0.05, 0) is 18.4 Å². The first-order valence-corrected chi connectivity index (χ1v) is 6.57. The molecule has 2 N–H and O–H groups in total. The maximum absolute atomic E-state index is 12.0. The van der Waals surface area contributed by atoms with Gasteiger partial charge in [-0.2, -0.15) is 0 Å². The molecule has 0 aromatic heterocycles. The first-order chi connectivity index (χ1) is 9.29. The molecule has 0 spiro atoms. The largest absolute Gasteiger partial charge is 0.445 e. The molecule has 1 saturated heterocycles. The third-order valence-electron chi connectivity index (χ3n) is 3.31. The number of carbonyl (C=O) groups is 1. The fourth-order valence-corrected chi connectivity index (χ4v) is 2.31. The van der Waals surface area contributed by atoms with E-state index in [2.05, 4.69) is 4.84 Å². The number of nitrogens with zero attached hydrogens (tertiary/aromatic N) is 1. The molecule has 19 heavy (non-hydrogen) atoms. The van der Waals surface area contributed by atoms with Gasteiger partial charge in [-0.3, -0.25) is 0 Å². The van der Waals surface area contributed by atoms with Crippen molar-refractivity contribution in [1.82, 2.24) is 4.90 Å². The lowest BCUT2D eigenvalue weighted by Crippen LogP contribution is -2.41. The van der Waals surface area contributed by atoms with Crippen molar-refractivity contribution in [3.05, 3.63) is 35.9 Å². The summed E-state index contributed by atoms with van der Waals surface area (Å²) in [7, 11) is 0. The van der Waals surface area contributed by atoms with Gasteiger partial charge in [0.05, 0.1) is 6.61 Å². The quantitative estimate of drug-likeness (QED) is 0.844. The van der Waals surface area contributed by atoms with Gasteiger partial charge in [-0.15, -0.1) is 0 Å². The number of carbonyl (C=O) groups excluding carboxylic acids is 1. The number of nitrogens with two attached hydrogens (primary N) is 1. The Morgan fingerprint density at radius 2 is 2.16 bits per heavy atom. The highest BCUT2D eigenvalue weighted by Crippen LogP contribution is 2.17. The third kappa shape index (κ3) is 4.22. The van der Waals surface area contributed by atoms with Crippen LogP contribution in [0.4, 0.5) is 4.79 Å². The number of amides is 1. The van der Waals surface area contributed by atoms with Gasteiger partial charge in [0, 0.05) is 19.0 Å². The fraction of sp³-hybridized carbons (Fsp3) is 0.500. The maximum Gasteiger partial charge on any atom is 0.410 e. The Labute approximate surface area is 113 Å². The molecule has 1 fully saturated rings. The zero-order valence-electron chi connectivity index (χ0n) is 11.0. The van der Waals surface area contributed by atoms with Gasteiger partial charge in [0.2, 0.25) is 0 Å². The number of ether oxygens (including phenoxy) is 1. The Balaban J connectivity index is 1.79. The Morgan fingerprint density at radius 3 is 2.89 bits per heavy atom. The van der Waals surface area contributed by atoms with E-state index in [1.165, 1.54) is 0 Å². The normalized spacial score (nSPS) is 19.2. The average molecular weight is 264 g/mol. The third-order valence-corrected chi connectivity index (χ3v) is 3.31. The number of piperidine rings is 1. The predicted octanol–water partition coefficient (Wildman–Crippen LogP) is 1.93. The topological polar surface area (TPSA) is 64.8 Å². The lowest BCUT2D eigenvalue weighted by molar-refractivity contribution is 0.0460. The van der Waals surface area contributed by atoms with Crippen LogP contribution in [-0.4, -0.2) is 30.7 Å². The van der Waals surface area contributed by atoms with Crippen LogP contribution in [-0.2, 0) is 16.2 Å². The Morgan fingerprint density at radius 1 is 1.37 bits per heavy atom. The first-order valence-electron chi connectivity index (χ1n) is 6.57. The number of hydrogen-bond acceptors (Lipinski definition) is 4. The number of benzene rings is 1.